The minimum Gasteiger partial charge on any atom is -0.379 e. The third-order valence-corrected chi connectivity index (χ3v) is 6.54. The lowest BCUT2D eigenvalue weighted by Gasteiger charge is -2.19. The maximum absolute atomic E-state index is 11.9. The van der Waals surface area contributed by atoms with Gasteiger partial charge in [-0.2, -0.15) is 0 Å². The monoisotopic (exact) mass is 317 g/mol. The predicted molar refractivity (Wildman–Crippen MR) is 94.5 cm³/mol. The fourth-order valence-corrected chi connectivity index (χ4v) is 3.86. The van der Waals surface area contributed by atoms with Gasteiger partial charge in [-0.1, -0.05) is 84.5 Å². The second-order valence-corrected chi connectivity index (χ2v) is 8.73. The minimum atomic E-state index is -1.46. The molecule has 2 atom stereocenters. The number of rotatable bonds is 15. The largest absolute Gasteiger partial charge is 0.379 e. The van der Waals surface area contributed by atoms with E-state index >= 15 is 0 Å². The molecule has 1 radical (unpaired) electrons. The van der Waals surface area contributed by atoms with E-state index in [1.807, 2.05) is 6.92 Å². The molecule has 0 saturated carbocycles. The molecule has 2 nitrogen and oxygen atoms in total. The fraction of sp³-hybridized carbons (Fsp3) is 1.00. The Kier molecular flexibility index (Phi) is 13.7. The summed E-state index contributed by atoms with van der Waals surface area (Å²) in [5.41, 5.74) is 0. The molecule has 0 aliphatic carbocycles. The van der Waals surface area contributed by atoms with Gasteiger partial charge < -0.3 is 5.11 Å². The molecule has 0 aromatic rings. The van der Waals surface area contributed by atoms with Gasteiger partial charge in [0.2, 0.25) is 0 Å². The van der Waals surface area contributed by atoms with Crippen molar-refractivity contribution in [3.63, 3.8) is 0 Å². The molecule has 0 aromatic heterocycles. The quantitative estimate of drug-likeness (QED) is 0.272. The minimum absolute atomic E-state index is 0.584. The molecule has 0 aliphatic heterocycles. The first-order chi connectivity index (χ1) is 10.0. The Hall–Kier alpha value is 0.0600. The lowest BCUT2D eigenvalue weighted by atomic mass is 10.1. The summed E-state index contributed by atoms with van der Waals surface area (Å²) in [5.74, 6) is 0. The van der Waals surface area contributed by atoms with Gasteiger partial charge in [-0.15, -0.1) is 0 Å². The van der Waals surface area contributed by atoms with Crippen LogP contribution < -0.4 is 0 Å². The molecule has 2 unspecified atom stereocenters. The van der Waals surface area contributed by atoms with Crippen LogP contribution in [0, 0.1) is 0 Å². The van der Waals surface area contributed by atoms with Crippen molar-refractivity contribution < 1.29 is 9.67 Å². The van der Waals surface area contributed by atoms with Crippen molar-refractivity contribution in [3.05, 3.63) is 0 Å². The van der Waals surface area contributed by atoms with Crippen molar-refractivity contribution in [3.8, 4) is 0 Å². The van der Waals surface area contributed by atoms with Crippen LogP contribution in [0.15, 0.2) is 0 Å². The normalized spacial score (nSPS) is 15.0. The highest BCUT2D eigenvalue weighted by molar-refractivity contribution is 7.46. The fourth-order valence-electron chi connectivity index (χ4n) is 2.51. The molecular weight excluding hydrogens is 279 g/mol. The molecule has 21 heavy (non-hydrogen) atoms. The van der Waals surface area contributed by atoms with Gasteiger partial charge in [0.05, 0.1) is 0 Å². The standard InChI is InChI=1S/C18H38O2P/c1-4-6-7-8-9-10-11-12-13-14-15-16-17-21(20)18(3,19)5-2/h19H,4-17H2,1-3H3. The number of hydrogen-bond donors (Lipinski definition) is 1. The smallest absolute Gasteiger partial charge is 0.131 e. The predicted octanol–water partition coefficient (Wildman–Crippen LogP) is 6.63. The molecule has 0 amide bonds. The van der Waals surface area contributed by atoms with Crippen molar-refractivity contribution in [1.82, 2.24) is 0 Å². The number of aliphatic hydroxyl groups is 1. The van der Waals surface area contributed by atoms with Crippen LogP contribution in [-0.2, 0) is 4.57 Å². The van der Waals surface area contributed by atoms with Gasteiger partial charge in [0.1, 0.15) is 13.1 Å². The maximum Gasteiger partial charge on any atom is 0.131 e. The van der Waals surface area contributed by atoms with Crippen molar-refractivity contribution in [1.29, 1.82) is 0 Å². The topological polar surface area (TPSA) is 37.3 Å². The Bertz CT molecular complexity index is 252. The van der Waals surface area contributed by atoms with Gasteiger partial charge in [-0.3, -0.25) is 4.57 Å². The Morgan fingerprint density at radius 2 is 1.14 bits per heavy atom. The van der Waals surface area contributed by atoms with E-state index in [1.54, 1.807) is 6.92 Å². The first kappa shape index (κ1) is 21.1. The van der Waals surface area contributed by atoms with Crippen LogP contribution in [0.25, 0.3) is 0 Å². The highest BCUT2D eigenvalue weighted by atomic mass is 31.1. The molecule has 3 heteroatoms. The SMILES string of the molecule is CCCCCCCCCCCCCC[P](=O)C(C)(O)CC. The molecule has 0 fully saturated rings. The van der Waals surface area contributed by atoms with E-state index in [-0.39, 0.29) is 0 Å². The summed E-state index contributed by atoms with van der Waals surface area (Å²) in [6, 6.07) is 0. The second kappa shape index (κ2) is 13.7. The van der Waals surface area contributed by atoms with Crippen LogP contribution in [-0.4, -0.2) is 16.6 Å². The van der Waals surface area contributed by atoms with Crippen molar-refractivity contribution in [2.24, 2.45) is 0 Å². The Balaban J connectivity index is 3.25. The van der Waals surface area contributed by atoms with Crippen molar-refractivity contribution >= 4 is 7.80 Å². The molecule has 127 valence electrons. The van der Waals surface area contributed by atoms with E-state index in [4.69, 9.17) is 0 Å². The van der Waals surface area contributed by atoms with E-state index in [9.17, 15) is 9.67 Å². The first-order valence-electron chi connectivity index (χ1n) is 9.21. The third kappa shape index (κ3) is 12.3. The molecule has 0 aliphatic rings. The maximum atomic E-state index is 11.9. The van der Waals surface area contributed by atoms with Gasteiger partial charge in [0.25, 0.3) is 0 Å². The van der Waals surface area contributed by atoms with Gasteiger partial charge in [0, 0.05) is 6.16 Å². The summed E-state index contributed by atoms with van der Waals surface area (Å²) < 4.78 is 11.9. The van der Waals surface area contributed by atoms with Gasteiger partial charge in [0.15, 0.2) is 0 Å². The molecule has 0 spiro atoms. The average Bonchev–Trinajstić information content (AvgIpc) is 2.48. The molecule has 0 bridgehead atoms. The summed E-state index contributed by atoms with van der Waals surface area (Å²) in [6.45, 7) is 5.86. The Labute approximate surface area is 133 Å². The summed E-state index contributed by atoms with van der Waals surface area (Å²) in [5, 5.41) is 8.93. The third-order valence-electron chi connectivity index (χ3n) is 4.42. The Morgan fingerprint density at radius 3 is 1.52 bits per heavy atom. The van der Waals surface area contributed by atoms with Gasteiger partial charge in [-0.05, 0) is 19.8 Å². The highest BCUT2D eigenvalue weighted by Crippen LogP contribution is 2.39. The molecular formula is C18H38O2P. The van der Waals surface area contributed by atoms with Crippen LogP contribution in [0.2, 0.25) is 0 Å². The van der Waals surface area contributed by atoms with Gasteiger partial charge >= 0.3 is 0 Å². The van der Waals surface area contributed by atoms with Crippen LogP contribution in [0.4, 0.5) is 0 Å². The first-order valence-corrected chi connectivity index (χ1v) is 10.7. The van der Waals surface area contributed by atoms with Crippen LogP contribution >= 0.6 is 7.80 Å². The lowest BCUT2D eigenvalue weighted by molar-refractivity contribution is 0.142. The number of unbranched alkanes of at least 4 members (excludes halogenated alkanes) is 11. The van der Waals surface area contributed by atoms with Crippen LogP contribution in [0.3, 0.4) is 0 Å². The lowest BCUT2D eigenvalue weighted by Crippen LogP contribution is -2.17. The molecule has 1 N–H and O–H groups in total. The highest BCUT2D eigenvalue weighted by Gasteiger charge is 2.25. The molecule has 0 heterocycles. The number of hydrogen-bond acceptors (Lipinski definition) is 2. The molecule has 0 aromatic carbocycles. The van der Waals surface area contributed by atoms with E-state index in [0.29, 0.717) is 12.6 Å². The molecule has 0 saturated heterocycles. The van der Waals surface area contributed by atoms with E-state index in [1.165, 1.54) is 64.2 Å². The average molecular weight is 317 g/mol. The van der Waals surface area contributed by atoms with Crippen LogP contribution in [0.1, 0.15) is 104 Å². The van der Waals surface area contributed by atoms with E-state index < -0.39 is 13.1 Å². The van der Waals surface area contributed by atoms with Gasteiger partial charge in [-0.25, -0.2) is 0 Å². The zero-order valence-corrected chi connectivity index (χ0v) is 15.6. The van der Waals surface area contributed by atoms with Crippen LogP contribution in [0.5, 0.6) is 0 Å². The summed E-state index contributed by atoms with van der Waals surface area (Å²) >= 11 is 0. The van der Waals surface area contributed by atoms with E-state index in [0.717, 1.165) is 12.8 Å². The van der Waals surface area contributed by atoms with Crippen molar-refractivity contribution in [2.75, 3.05) is 6.16 Å². The van der Waals surface area contributed by atoms with Crippen molar-refractivity contribution in [2.45, 2.75) is 110 Å². The summed E-state index contributed by atoms with van der Waals surface area (Å²) in [7, 11) is -1.46. The summed E-state index contributed by atoms with van der Waals surface area (Å²) in [4.78, 5) is 0. The molecule has 0 rings (SSSR count). The van der Waals surface area contributed by atoms with E-state index in [2.05, 4.69) is 6.92 Å². The zero-order valence-electron chi connectivity index (χ0n) is 14.7. The zero-order chi connectivity index (χ0) is 16.0. The second-order valence-electron chi connectivity index (χ2n) is 6.56. The summed E-state index contributed by atoms with van der Waals surface area (Å²) in [6.07, 6.45) is 17.1. The Morgan fingerprint density at radius 1 is 0.762 bits per heavy atom.